The molecule has 1 radical (unpaired) electrons. The molecule has 1 amide bonds. The number of anilines is 2. The summed E-state index contributed by atoms with van der Waals surface area (Å²) in [6.07, 6.45) is 4.24. The lowest BCUT2D eigenvalue weighted by Gasteiger charge is -2.12. The fraction of sp³-hybridized carbons (Fsp3) is 0.0476. The van der Waals surface area contributed by atoms with Crippen LogP contribution in [-0.2, 0) is 6.42 Å². The van der Waals surface area contributed by atoms with Crippen LogP contribution in [0, 0.1) is 6.07 Å². The summed E-state index contributed by atoms with van der Waals surface area (Å²) < 4.78 is 0. The lowest BCUT2D eigenvalue weighted by Crippen LogP contribution is -2.16. The van der Waals surface area contributed by atoms with Crippen molar-refractivity contribution >= 4 is 39.9 Å². The van der Waals surface area contributed by atoms with E-state index < -0.39 is 5.91 Å². The summed E-state index contributed by atoms with van der Waals surface area (Å²) in [5, 5.41) is 4.54. The van der Waals surface area contributed by atoms with E-state index in [1.807, 2.05) is 36.5 Å². The number of nitrogens with two attached hydrogens (primary N) is 1. The molecule has 0 fully saturated rings. The third-order valence-corrected chi connectivity index (χ3v) is 4.55. The summed E-state index contributed by atoms with van der Waals surface area (Å²) in [5.41, 5.74) is 8.76. The van der Waals surface area contributed by atoms with Crippen LogP contribution in [-0.4, -0.2) is 20.9 Å². The van der Waals surface area contributed by atoms with Gasteiger partial charge in [0.15, 0.2) is 0 Å². The summed E-state index contributed by atoms with van der Waals surface area (Å²) in [4.78, 5) is 24.1. The molecular formula is C21H15ClN5O. The van der Waals surface area contributed by atoms with Gasteiger partial charge in [0, 0.05) is 34.9 Å². The first-order valence-electron chi connectivity index (χ1n) is 8.52. The summed E-state index contributed by atoms with van der Waals surface area (Å²) in [6.45, 7) is 0. The van der Waals surface area contributed by atoms with Gasteiger partial charge in [-0.05, 0) is 47.5 Å². The first-order valence-corrected chi connectivity index (χ1v) is 8.90. The average Bonchev–Trinajstić information content (AvgIpc) is 2.70. The maximum atomic E-state index is 11.6. The van der Waals surface area contributed by atoms with Crippen LogP contribution in [0.4, 0.5) is 11.5 Å². The molecule has 0 spiro atoms. The highest BCUT2D eigenvalue weighted by Crippen LogP contribution is 2.28. The number of nitrogens with zero attached hydrogens (tertiary/aromatic N) is 3. The van der Waals surface area contributed by atoms with Gasteiger partial charge in [-0.3, -0.25) is 9.78 Å². The highest BCUT2D eigenvalue weighted by Gasteiger charge is 2.12. The Morgan fingerprint density at radius 1 is 1.21 bits per heavy atom. The quantitative estimate of drug-likeness (QED) is 0.540. The number of carbonyl (C=O) groups is 1. The molecular weight excluding hydrogens is 374 g/mol. The van der Waals surface area contributed by atoms with Gasteiger partial charge in [0.25, 0.3) is 5.91 Å². The number of hydrogen-bond donors (Lipinski definition) is 2. The van der Waals surface area contributed by atoms with Gasteiger partial charge >= 0.3 is 0 Å². The van der Waals surface area contributed by atoms with Crippen molar-refractivity contribution in [2.75, 3.05) is 5.32 Å². The molecule has 0 atom stereocenters. The molecule has 137 valence electrons. The number of halogens is 1. The molecule has 2 aromatic heterocycles. The number of nitrogens with one attached hydrogen (secondary N) is 1. The van der Waals surface area contributed by atoms with E-state index in [1.54, 1.807) is 24.4 Å². The molecule has 0 unspecified atom stereocenters. The van der Waals surface area contributed by atoms with Crippen LogP contribution in [0.2, 0.25) is 5.02 Å². The van der Waals surface area contributed by atoms with Crippen molar-refractivity contribution < 1.29 is 4.79 Å². The normalized spacial score (nSPS) is 10.8. The van der Waals surface area contributed by atoms with Gasteiger partial charge in [-0.15, -0.1) is 0 Å². The van der Waals surface area contributed by atoms with Crippen LogP contribution < -0.4 is 11.1 Å². The maximum Gasteiger partial charge on any atom is 0.286 e. The number of pyridine rings is 1. The number of hydrogen-bond acceptors (Lipinski definition) is 5. The van der Waals surface area contributed by atoms with Crippen LogP contribution >= 0.6 is 11.6 Å². The number of benzene rings is 2. The van der Waals surface area contributed by atoms with E-state index in [4.69, 9.17) is 17.3 Å². The molecule has 6 nitrogen and oxygen atoms in total. The van der Waals surface area contributed by atoms with Crippen LogP contribution in [0.3, 0.4) is 0 Å². The number of aromatic nitrogens is 3. The smallest absolute Gasteiger partial charge is 0.286 e. The SMILES string of the molecule is NC(=O)c1nc(Nc2ccc(Cc3cccnc3)c(Cl)c2)c2c[c]ccc2n1. The van der Waals surface area contributed by atoms with Gasteiger partial charge in [0.1, 0.15) is 5.82 Å². The van der Waals surface area contributed by atoms with Gasteiger partial charge in [-0.1, -0.05) is 29.8 Å². The van der Waals surface area contributed by atoms with Gasteiger partial charge in [0.2, 0.25) is 5.82 Å². The fourth-order valence-corrected chi connectivity index (χ4v) is 3.10. The average molecular weight is 389 g/mol. The van der Waals surface area contributed by atoms with Crippen molar-refractivity contribution in [3.63, 3.8) is 0 Å². The minimum atomic E-state index is -0.692. The van der Waals surface area contributed by atoms with Gasteiger partial charge in [-0.25, -0.2) is 9.97 Å². The van der Waals surface area contributed by atoms with E-state index >= 15 is 0 Å². The van der Waals surface area contributed by atoms with Crippen molar-refractivity contribution in [2.45, 2.75) is 6.42 Å². The van der Waals surface area contributed by atoms with Crippen LogP contribution in [0.15, 0.2) is 60.9 Å². The third-order valence-electron chi connectivity index (χ3n) is 4.19. The fourth-order valence-electron chi connectivity index (χ4n) is 2.85. The van der Waals surface area contributed by atoms with Crippen LogP contribution in [0.25, 0.3) is 10.9 Å². The van der Waals surface area contributed by atoms with E-state index in [1.165, 1.54) is 0 Å². The number of amides is 1. The second kappa shape index (κ2) is 7.62. The largest absolute Gasteiger partial charge is 0.363 e. The molecule has 7 heteroatoms. The Kier molecular flexibility index (Phi) is 4.87. The van der Waals surface area contributed by atoms with Crippen LogP contribution in [0.5, 0.6) is 0 Å². The van der Waals surface area contributed by atoms with Crippen molar-refractivity contribution in [3.8, 4) is 0 Å². The molecule has 0 saturated carbocycles. The van der Waals surface area contributed by atoms with Crippen molar-refractivity contribution in [2.24, 2.45) is 5.73 Å². The topological polar surface area (TPSA) is 93.8 Å². The molecule has 4 rings (SSSR count). The molecule has 2 aromatic carbocycles. The van der Waals surface area contributed by atoms with Crippen molar-refractivity contribution in [3.05, 3.63) is 89.0 Å². The van der Waals surface area contributed by atoms with E-state index in [2.05, 4.69) is 26.3 Å². The summed E-state index contributed by atoms with van der Waals surface area (Å²) in [5.74, 6) is -0.283. The lowest BCUT2D eigenvalue weighted by molar-refractivity contribution is 0.0991. The molecule has 28 heavy (non-hydrogen) atoms. The zero-order valence-corrected chi connectivity index (χ0v) is 15.4. The van der Waals surface area contributed by atoms with Gasteiger partial charge in [0.05, 0.1) is 5.52 Å². The number of primary amides is 1. The molecule has 3 N–H and O–H groups in total. The molecule has 0 aliphatic rings. The minimum Gasteiger partial charge on any atom is -0.363 e. The van der Waals surface area contributed by atoms with Crippen molar-refractivity contribution in [1.29, 1.82) is 0 Å². The first-order chi connectivity index (χ1) is 13.6. The van der Waals surface area contributed by atoms with Gasteiger partial charge < -0.3 is 11.1 Å². The first kappa shape index (κ1) is 17.9. The molecule has 2 heterocycles. The summed E-state index contributed by atoms with van der Waals surface area (Å²) in [6, 6.07) is 17.8. The maximum absolute atomic E-state index is 11.6. The Hall–Kier alpha value is -3.51. The van der Waals surface area contributed by atoms with Crippen LogP contribution in [0.1, 0.15) is 21.7 Å². The Morgan fingerprint density at radius 3 is 2.86 bits per heavy atom. The van der Waals surface area contributed by atoms with E-state index in [-0.39, 0.29) is 5.82 Å². The Balaban J connectivity index is 1.66. The number of carbonyl (C=O) groups excluding carboxylic acids is 1. The van der Waals surface area contributed by atoms with E-state index in [9.17, 15) is 4.79 Å². The Bertz CT molecular complexity index is 1160. The Morgan fingerprint density at radius 2 is 2.11 bits per heavy atom. The monoisotopic (exact) mass is 388 g/mol. The zero-order valence-electron chi connectivity index (χ0n) is 14.7. The van der Waals surface area contributed by atoms with Crippen molar-refractivity contribution in [1.82, 2.24) is 15.0 Å². The van der Waals surface area contributed by atoms with E-state index in [0.717, 1.165) is 22.2 Å². The Labute approximate surface area is 166 Å². The summed E-state index contributed by atoms with van der Waals surface area (Å²) >= 11 is 6.47. The highest BCUT2D eigenvalue weighted by atomic mass is 35.5. The predicted molar refractivity (Wildman–Crippen MR) is 109 cm³/mol. The minimum absolute atomic E-state index is 0.0551. The molecule has 0 bridgehead atoms. The zero-order chi connectivity index (χ0) is 19.5. The third kappa shape index (κ3) is 3.77. The molecule has 0 aliphatic heterocycles. The number of rotatable bonds is 5. The standard InChI is InChI=1S/C21H15ClN5O/c22-17-11-15(8-7-14(17)10-13-4-3-9-24-12-13)25-20-16-5-1-2-6-18(16)26-21(27-20)19(23)28/h2-9,11-12H,10H2,(H2,23,28)(H,25,26,27). The highest BCUT2D eigenvalue weighted by molar-refractivity contribution is 6.31. The summed E-state index contributed by atoms with van der Waals surface area (Å²) in [7, 11) is 0. The number of fused-ring (bicyclic) bond motifs is 1. The lowest BCUT2D eigenvalue weighted by atomic mass is 10.1. The molecule has 0 saturated heterocycles. The van der Waals surface area contributed by atoms with E-state index in [0.29, 0.717) is 22.8 Å². The second-order valence-electron chi connectivity index (χ2n) is 6.17. The molecule has 0 aliphatic carbocycles. The van der Waals surface area contributed by atoms with Gasteiger partial charge in [-0.2, -0.15) is 0 Å². The second-order valence-corrected chi connectivity index (χ2v) is 6.58. The molecule has 4 aromatic rings. The predicted octanol–water partition coefficient (Wildman–Crippen LogP) is 3.91.